The van der Waals surface area contributed by atoms with Crippen molar-refractivity contribution in [3.63, 3.8) is 0 Å². The minimum atomic E-state index is -0.389. The summed E-state index contributed by atoms with van der Waals surface area (Å²) in [6, 6.07) is 16.7. The highest BCUT2D eigenvalue weighted by Gasteiger charge is 2.20. The van der Waals surface area contributed by atoms with E-state index in [0.717, 1.165) is 11.3 Å². The van der Waals surface area contributed by atoms with Gasteiger partial charge in [0.05, 0.1) is 10.6 Å². The van der Waals surface area contributed by atoms with E-state index in [1.54, 1.807) is 17.5 Å². The van der Waals surface area contributed by atoms with Gasteiger partial charge in [0.25, 0.3) is 5.69 Å². The van der Waals surface area contributed by atoms with E-state index >= 15 is 0 Å². The molecule has 0 aliphatic rings. The molecule has 0 fully saturated rings. The Kier molecular flexibility index (Phi) is 3.91. The number of nitrogens with one attached hydrogen (secondary N) is 1. The van der Waals surface area contributed by atoms with Crippen molar-refractivity contribution < 1.29 is 4.92 Å². The van der Waals surface area contributed by atoms with Crippen LogP contribution in [0.1, 0.15) is 5.56 Å². The van der Waals surface area contributed by atoms with Crippen LogP contribution in [0.3, 0.4) is 0 Å². The van der Waals surface area contributed by atoms with Gasteiger partial charge in [0.15, 0.2) is 0 Å². The molecule has 3 heterocycles. The van der Waals surface area contributed by atoms with Crippen LogP contribution in [-0.4, -0.2) is 34.9 Å². The fourth-order valence-corrected chi connectivity index (χ4v) is 4.06. The number of benzene rings is 2. The van der Waals surface area contributed by atoms with E-state index in [0.29, 0.717) is 32.6 Å². The van der Waals surface area contributed by atoms with E-state index in [2.05, 4.69) is 25.5 Å². The summed E-state index contributed by atoms with van der Waals surface area (Å²) in [6.45, 7) is 1.72. The molecule has 0 saturated carbocycles. The Morgan fingerprint density at radius 2 is 1.93 bits per heavy atom. The molecule has 0 amide bonds. The number of aromatic nitrogens is 6. The van der Waals surface area contributed by atoms with E-state index in [-0.39, 0.29) is 10.6 Å². The Morgan fingerprint density at radius 3 is 2.72 bits per heavy atom. The highest BCUT2D eigenvalue weighted by Crippen LogP contribution is 2.33. The normalized spacial score (nSPS) is 11.2. The third-order valence-electron chi connectivity index (χ3n) is 4.61. The van der Waals surface area contributed by atoms with Crippen LogP contribution in [0.2, 0.25) is 0 Å². The molecule has 9 nitrogen and oxygen atoms in total. The molecule has 5 aromatic rings. The largest absolute Gasteiger partial charge is 0.274 e. The lowest BCUT2D eigenvalue weighted by Crippen LogP contribution is -1.95. The van der Waals surface area contributed by atoms with Gasteiger partial charge in [-0.15, -0.1) is 10.2 Å². The van der Waals surface area contributed by atoms with Crippen molar-refractivity contribution in [1.29, 1.82) is 0 Å². The van der Waals surface area contributed by atoms with Crippen molar-refractivity contribution in [2.24, 2.45) is 0 Å². The van der Waals surface area contributed by atoms with Gasteiger partial charge in [-0.25, -0.2) is 0 Å². The van der Waals surface area contributed by atoms with Gasteiger partial charge >= 0.3 is 0 Å². The number of aromatic amines is 1. The fraction of sp³-hybridized carbons (Fsp3) is 0.0526. The Balaban J connectivity index is 1.58. The summed E-state index contributed by atoms with van der Waals surface area (Å²) in [5.74, 6) is 0.528. The van der Waals surface area contributed by atoms with Crippen molar-refractivity contribution in [1.82, 2.24) is 30.0 Å². The summed E-state index contributed by atoms with van der Waals surface area (Å²) >= 11 is 1.32. The van der Waals surface area contributed by atoms with Crippen LogP contribution < -0.4 is 0 Å². The Morgan fingerprint density at radius 1 is 1.10 bits per heavy atom. The second kappa shape index (κ2) is 6.60. The van der Waals surface area contributed by atoms with Crippen LogP contribution in [0.4, 0.5) is 5.69 Å². The SMILES string of the molecule is Cc1c(-c2nn3c(-c4cc(-c5ccccc5)n[nH]4)nnc3s2)cccc1[N+](=O)[O-]. The molecule has 29 heavy (non-hydrogen) atoms. The van der Waals surface area contributed by atoms with Gasteiger partial charge in [-0.3, -0.25) is 15.2 Å². The topological polar surface area (TPSA) is 115 Å². The van der Waals surface area contributed by atoms with E-state index < -0.39 is 0 Å². The predicted octanol–water partition coefficient (Wildman–Crippen LogP) is 4.13. The van der Waals surface area contributed by atoms with E-state index in [4.69, 9.17) is 0 Å². The van der Waals surface area contributed by atoms with Crippen LogP contribution in [-0.2, 0) is 0 Å². The molecule has 142 valence electrons. The summed E-state index contributed by atoms with van der Waals surface area (Å²) in [5.41, 5.74) is 3.80. The summed E-state index contributed by atoms with van der Waals surface area (Å²) < 4.78 is 1.63. The standard InChI is InChI=1S/C19H13N7O2S/c1-11-13(8-5-9-16(11)26(27)28)18-24-25-17(22-23-19(25)29-18)15-10-14(20-21-15)12-6-3-2-4-7-12/h2-10H,1H3,(H,20,21). The molecule has 0 unspecified atom stereocenters. The van der Waals surface area contributed by atoms with Crippen molar-refractivity contribution in [2.45, 2.75) is 6.92 Å². The Labute approximate surface area is 167 Å². The fourth-order valence-electron chi connectivity index (χ4n) is 3.14. The second-order valence-electron chi connectivity index (χ2n) is 6.36. The lowest BCUT2D eigenvalue weighted by Gasteiger charge is -2.02. The number of fused-ring (bicyclic) bond motifs is 1. The second-order valence-corrected chi connectivity index (χ2v) is 7.32. The van der Waals surface area contributed by atoms with Gasteiger partial charge in [-0.05, 0) is 13.0 Å². The number of rotatable bonds is 4. The highest BCUT2D eigenvalue weighted by atomic mass is 32.1. The molecule has 3 aromatic heterocycles. The van der Waals surface area contributed by atoms with E-state index in [1.165, 1.54) is 17.4 Å². The number of hydrogen-bond donors (Lipinski definition) is 1. The number of nitro benzene ring substituents is 1. The average Bonchev–Trinajstić information content (AvgIpc) is 3.44. The quantitative estimate of drug-likeness (QED) is 0.356. The van der Waals surface area contributed by atoms with Crippen LogP contribution in [0, 0.1) is 17.0 Å². The first-order chi connectivity index (χ1) is 14.1. The average molecular weight is 403 g/mol. The zero-order valence-electron chi connectivity index (χ0n) is 15.1. The summed E-state index contributed by atoms with van der Waals surface area (Å²) in [5, 5.41) is 32.2. The molecule has 2 aromatic carbocycles. The minimum Gasteiger partial charge on any atom is -0.274 e. The maximum Gasteiger partial charge on any atom is 0.273 e. The zero-order chi connectivity index (χ0) is 20.0. The monoisotopic (exact) mass is 403 g/mol. The van der Waals surface area contributed by atoms with Gasteiger partial charge in [0.2, 0.25) is 10.8 Å². The summed E-state index contributed by atoms with van der Waals surface area (Å²) in [7, 11) is 0. The lowest BCUT2D eigenvalue weighted by molar-refractivity contribution is -0.385. The van der Waals surface area contributed by atoms with E-state index in [1.807, 2.05) is 42.5 Å². The highest BCUT2D eigenvalue weighted by molar-refractivity contribution is 7.19. The number of hydrogen-bond acceptors (Lipinski definition) is 7. The summed E-state index contributed by atoms with van der Waals surface area (Å²) in [4.78, 5) is 11.4. The molecule has 0 bridgehead atoms. The predicted molar refractivity (Wildman–Crippen MR) is 109 cm³/mol. The molecular formula is C19H13N7O2S. The number of nitrogens with zero attached hydrogens (tertiary/aromatic N) is 6. The van der Waals surface area contributed by atoms with Gasteiger partial charge in [0.1, 0.15) is 10.7 Å². The molecule has 0 spiro atoms. The Hall–Kier alpha value is -3.92. The smallest absolute Gasteiger partial charge is 0.273 e. The molecule has 0 radical (unpaired) electrons. The van der Waals surface area contributed by atoms with Crippen molar-refractivity contribution in [3.8, 4) is 33.3 Å². The van der Waals surface area contributed by atoms with Gasteiger partial charge in [-0.1, -0.05) is 53.8 Å². The third-order valence-corrected chi connectivity index (χ3v) is 5.54. The molecule has 0 aliphatic heterocycles. The van der Waals surface area contributed by atoms with Gasteiger partial charge in [0, 0.05) is 22.8 Å². The van der Waals surface area contributed by atoms with Crippen LogP contribution in [0.5, 0.6) is 0 Å². The molecule has 5 rings (SSSR count). The first-order valence-electron chi connectivity index (χ1n) is 8.69. The van der Waals surface area contributed by atoms with E-state index in [9.17, 15) is 10.1 Å². The molecule has 10 heteroatoms. The summed E-state index contributed by atoms with van der Waals surface area (Å²) in [6.07, 6.45) is 0. The number of H-pyrrole nitrogens is 1. The lowest BCUT2D eigenvalue weighted by atomic mass is 10.1. The third kappa shape index (κ3) is 2.86. The maximum absolute atomic E-state index is 11.2. The van der Waals surface area contributed by atoms with Crippen LogP contribution in [0.25, 0.3) is 38.3 Å². The Bertz CT molecular complexity index is 1350. The van der Waals surface area contributed by atoms with Crippen molar-refractivity contribution in [2.75, 3.05) is 0 Å². The first kappa shape index (κ1) is 17.2. The first-order valence-corrected chi connectivity index (χ1v) is 9.51. The van der Waals surface area contributed by atoms with Crippen LogP contribution in [0.15, 0.2) is 54.6 Å². The van der Waals surface area contributed by atoms with Gasteiger partial charge in [-0.2, -0.15) is 14.7 Å². The molecule has 0 atom stereocenters. The van der Waals surface area contributed by atoms with Crippen molar-refractivity contribution >= 4 is 22.0 Å². The number of nitro groups is 1. The van der Waals surface area contributed by atoms with Gasteiger partial charge < -0.3 is 0 Å². The molecule has 0 saturated heterocycles. The van der Waals surface area contributed by atoms with Crippen LogP contribution >= 0.6 is 11.3 Å². The molecular weight excluding hydrogens is 390 g/mol. The zero-order valence-corrected chi connectivity index (χ0v) is 15.9. The molecule has 0 aliphatic carbocycles. The van der Waals surface area contributed by atoms with Crippen molar-refractivity contribution in [3.05, 3.63) is 70.3 Å². The minimum absolute atomic E-state index is 0.0646. The molecule has 1 N–H and O–H groups in total. The maximum atomic E-state index is 11.2.